The third-order valence-electron chi connectivity index (χ3n) is 4.01. The average molecular weight is 382 g/mol. The second-order valence-electron chi connectivity index (χ2n) is 6.14. The number of rotatable bonds is 7. The summed E-state index contributed by atoms with van der Waals surface area (Å²) in [5.41, 5.74) is 1.56. The molecule has 0 aliphatic carbocycles. The van der Waals surface area contributed by atoms with Crippen molar-refractivity contribution in [2.24, 2.45) is 0 Å². The minimum atomic E-state index is -3.76. The van der Waals surface area contributed by atoms with Gasteiger partial charge in [-0.25, -0.2) is 18.1 Å². The van der Waals surface area contributed by atoms with Gasteiger partial charge in [0.2, 0.25) is 5.95 Å². The zero-order chi connectivity index (χ0) is 19.3. The molecule has 7 heteroatoms. The Morgan fingerprint density at radius 1 is 0.963 bits per heavy atom. The Bertz CT molecular complexity index is 993. The molecule has 0 saturated carbocycles. The lowest BCUT2D eigenvalue weighted by molar-refractivity contribution is 0.601. The Balaban J connectivity index is 2.02. The predicted molar refractivity (Wildman–Crippen MR) is 108 cm³/mol. The van der Waals surface area contributed by atoms with Crippen molar-refractivity contribution in [3.8, 4) is 11.3 Å². The fourth-order valence-corrected chi connectivity index (χ4v) is 3.63. The first-order chi connectivity index (χ1) is 13.0. The van der Waals surface area contributed by atoms with Crippen LogP contribution < -0.4 is 9.62 Å². The normalized spacial score (nSPS) is 11.2. The average Bonchev–Trinajstić information content (AvgIpc) is 2.69. The fourth-order valence-electron chi connectivity index (χ4n) is 2.66. The van der Waals surface area contributed by atoms with E-state index in [0.29, 0.717) is 11.5 Å². The number of hydrogen-bond donors (Lipinski definition) is 1. The van der Waals surface area contributed by atoms with E-state index in [1.54, 1.807) is 18.2 Å². The molecule has 0 spiro atoms. The lowest BCUT2D eigenvalue weighted by atomic mass is 10.1. The van der Waals surface area contributed by atoms with Crippen LogP contribution in [0.1, 0.15) is 13.3 Å². The number of nitrogens with one attached hydrogen (secondary N) is 1. The molecule has 0 atom stereocenters. The quantitative estimate of drug-likeness (QED) is 0.673. The Morgan fingerprint density at radius 2 is 1.59 bits per heavy atom. The third-order valence-corrected chi connectivity index (χ3v) is 5.36. The van der Waals surface area contributed by atoms with Crippen molar-refractivity contribution >= 4 is 21.8 Å². The molecule has 0 amide bonds. The standard InChI is InChI=1S/C20H22N4O2S/c1-3-14-24(2)19-15-18(16-10-6-4-7-11-16)21-20(22-19)23-27(25,26)17-12-8-5-9-13-17/h4-13,15H,3,14H2,1-2H3,(H,21,22,23). The van der Waals surface area contributed by atoms with Crippen LogP contribution >= 0.6 is 0 Å². The summed E-state index contributed by atoms with van der Waals surface area (Å²) < 4.78 is 27.8. The van der Waals surface area contributed by atoms with Crippen molar-refractivity contribution in [2.75, 3.05) is 23.2 Å². The van der Waals surface area contributed by atoms with Gasteiger partial charge in [0.25, 0.3) is 10.0 Å². The number of hydrogen-bond acceptors (Lipinski definition) is 5. The van der Waals surface area contributed by atoms with E-state index in [2.05, 4.69) is 21.6 Å². The molecule has 0 saturated heterocycles. The first-order valence-corrected chi connectivity index (χ1v) is 10.2. The molecular weight excluding hydrogens is 360 g/mol. The van der Waals surface area contributed by atoms with Gasteiger partial charge >= 0.3 is 0 Å². The molecule has 1 heterocycles. The van der Waals surface area contributed by atoms with Gasteiger partial charge in [0.1, 0.15) is 5.82 Å². The topological polar surface area (TPSA) is 75.2 Å². The highest BCUT2D eigenvalue weighted by atomic mass is 32.2. The number of aromatic nitrogens is 2. The predicted octanol–water partition coefficient (Wildman–Crippen LogP) is 3.79. The first-order valence-electron chi connectivity index (χ1n) is 8.73. The van der Waals surface area contributed by atoms with Gasteiger partial charge in [-0.3, -0.25) is 0 Å². The highest BCUT2D eigenvalue weighted by Gasteiger charge is 2.17. The molecule has 0 aliphatic heterocycles. The Labute approximate surface area is 160 Å². The molecular formula is C20H22N4O2S. The van der Waals surface area contributed by atoms with Crippen molar-refractivity contribution in [2.45, 2.75) is 18.2 Å². The summed E-state index contributed by atoms with van der Waals surface area (Å²) in [5, 5.41) is 0. The zero-order valence-electron chi connectivity index (χ0n) is 15.3. The van der Waals surface area contributed by atoms with Gasteiger partial charge in [0, 0.05) is 25.2 Å². The molecule has 3 aromatic rings. The molecule has 27 heavy (non-hydrogen) atoms. The van der Waals surface area contributed by atoms with E-state index in [9.17, 15) is 8.42 Å². The molecule has 2 aromatic carbocycles. The van der Waals surface area contributed by atoms with Crippen molar-refractivity contribution in [1.29, 1.82) is 0 Å². The van der Waals surface area contributed by atoms with E-state index in [-0.39, 0.29) is 10.8 Å². The highest BCUT2D eigenvalue weighted by Crippen LogP contribution is 2.24. The summed E-state index contributed by atoms with van der Waals surface area (Å²) in [6.45, 7) is 2.88. The third kappa shape index (κ3) is 4.62. The maximum atomic E-state index is 12.7. The van der Waals surface area contributed by atoms with Crippen molar-refractivity contribution in [3.63, 3.8) is 0 Å². The summed E-state index contributed by atoms with van der Waals surface area (Å²) in [6.07, 6.45) is 0.951. The van der Waals surface area contributed by atoms with Gasteiger partial charge in [0.15, 0.2) is 0 Å². The summed E-state index contributed by atoms with van der Waals surface area (Å²) >= 11 is 0. The molecule has 0 bridgehead atoms. The van der Waals surface area contributed by atoms with Crippen molar-refractivity contribution in [1.82, 2.24) is 9.97 Å². The van der Waals surface area contributed by atoms with Crippen LogP contribution in [0.3, 0.4) is 0 Å². The lowest BCUT2D eigenvalue weighted by Crippen LogP contribution is -2.21. The second kappa shape index (κ2) is 8.18. The van der Waals surface area contributed by atoms with Crippen LogP contribution in [0, 0.1) is 0 Å². The van der Waals surface area contributed by atoms with Crippen LogP contribution in [-0.4, -0.2) is 32.0 Å². The smallest absolute Gasteiger partial charge is 0.264 e. The van der Waals surface area contributed by atoms with Crippen LogP contribution in [0.4, 0.5) is 11.8 Å². The lowest BCUT2D eigenvalue weighted by Gasteiger charge is -2.19. The van der Waals surface area contributed by atoms with Gasteiger partial charge in [-0.15, -0.1) is 0 Å². The fraction of sp³-hybridized carbons (Fsp3) is 0.200. The van der Waals surface area contributed by atoms with E-state index < -0.39 is 10.0 Å². The van der Waals surface area contributed by atoms with Crippen LogP contribution in [0.2, 0.25) is 0 Å². The largest absolute Gasteiger partial charge is 0.360 e. The molecule has 1 N–H and O–H groups in total. The van der Waals surface area contributed by atoms with Gasteiger partial charge in [-0.2, -0.15) is 4.98 Å². The van der Waals surface area contributed by atoms with Crippen molar-refractivity contribution < 1.29 is 8.42 Å². The molecule has 0 unspecified atom stereocenters. The molecule has 0 radical (unpaired) electrons. The van der Waals surface area contributed by atoms with Crippen LogP contribution in [-0.2, 0) is 10.0 Å². The maximum Gasteiger partial charge on any atom is 0.264 e. The molecule has 0 aliphatic rings. The zero-order valence-corrected chi connectivity index (χ0v) is 16.1. The molecule has 3 rings (SSSR count). The van der Waals surface area contributed by atoms with Gasteiger partial charge < -0.3 is 4.90 Å². The minimum absolute atomic E-state index is 0.0539. The summed E-state index contributed by atoms with van der Waals surface area (Å²) in [7, 11) is -1.83. The molecule has 1 aromatic heterocycles. The maximum absolute atomic E-state index is 12.7. The number of benzene rings is 2. The van der Waals surface area contributed by atoms with E-state index in [0.717, 1.165) is 18.5 Å². The van der Waals surface area contributed by atoms with Crippen molar-refractivity contribution in [3.05, 3.63) is 66.7 Å². The highest BCUT2D eigenvalue weighted by molar-refractivity contribution is 7.92. The van der Waals surface area contributed by atoms with E-state index >= 15 is 0 Å². The van der Waals surface area contributed by atoms with Crippen LogP contribution in [0.25, 0.3) is 11.3 Å². The Hall–Kier alpha value is -2.93. The van der Waals surface area contributed by atoms with E-state index in [1.165, 1.54) is 12.1 Å². The first kappa shape index (κ1) is 18.8. The number of sulfonamides is 1. The SMILES string of the molecule is CCCN(C)c1cc(-c2ccccc2)nc(NS(=O)(=O)c2ccccc2)n1. The van der Waals surface area contributed by atoms with Gasteiger partial charge in [0.05, 0.1) is 10.6 Å². The summed E-state index contributed by atoms with van der Waals surface area (Å²) in [5.74, 6) is 0.717. The van der Waals surface area contributed by atoms with Crippen LogP contribution in [0.15, 0.2) is 71.6 Å². The molecule has 0 fully saturated rings. The Kier molecular flexibility index (Phi) is 5.71. The second-order valence-corrected chi connectivity index (χ2v) is 7.82. The van der Waals surface area contributed by atoms with Crippen LogP contribution in [0.5, 0.6) is 0 Å². The summed E-state index contributed by atoms with van der Waals surface area (Å²) in [4.78, 5) is 11.0. The van der Waals surface area contributed by atoms with Gasteiger partial charge in [-0.1, -0.05) is 55.5 Å². The number of nitrogens with zero attached hydrogens (tertiary/aromatic N) is 3. The molecule has 6 nitrogen and oxygen atoms in total. The number of anilines is 2. The summed E-state index contributed by atoms with van der Waals surface area (Å²) in [6, 6.07) is 19.7. The minimum Gasteiger partial charge on any atom is -0.360 e. The molecule has 140 valence electrons. The van der Waals surface area contributed by atoms with Gasteiger partial charge in [-0.05, 0) is 18.6 Å². The van der Waals surface area contributed by atoms with E-state index in [1.807, 2.05) is 48.3 Å². The Morgan fingerprint density at radius 3 is 2.22 bits per heavy atom. The monoisotopic (exact) mass is 382 g/mol. The van der Waals surface area contributed by atoms with E-state index in [4.69, 9.17) is 0 Å².